The maximum absolute atomic E-state index is 5.83. The van der Waals surface area contributed by atoms with Crippen LogP contribution in [0.3, 0.4) is 0 Å². The minimum absolute atomic E-state index is 0.312. The van der Waals surface area contributed by atoms with Gasteiger partial charge in [-0.1, -0.05) is 17.8 Å². The van der Waals surface area contributed by atoms with E-state index in [4.69, 9.17) is 5.73 Å². The molecule has 4 rings (SSSR count). The van der Waals surface area contributed by atoms with E-state index in [0.29, 0.717) is 11.5 Å². The molecule has 0 aliphatic carbocycles. The third kappa shape index (κ3) is 3.08. The molecule has 126 valence electrons. The first-order valence-electron chi connectivity index (χ1n) is 8.48. The summed E-state index contributed by atoms with van der Waals surface area (Å²) in [6.07, 6.45) is 6.19. The zero-order chi connectivity index (χ0) is 16.6. The summed E-state index contributed by atoms with van der Waals surface area (Å²) in [6, 6.07) is 7.84. The van der Waals surface area contributed by atoms with Crippen LogP contribution in [0.25, 0.3) is 0 Å². The molecule has 2 aliphatic heterocycles. The fourth-order valence-electron chi connectivity index (χ4n) is 3.74. The molecule has 5 nitrogen and oxygen atoms in total. The molecule has 6 heteroatoms. The van der Waals surface area contributed by atoms with Gasteiger partial charge in [-0.05, 0) is 50.4 Å². The standard InChI is InChI=1S/C18H23N5S/c1-18-6-8-23(12-13(18)5-7-22-18)16-10-21-17(11-20-16)24-15-4-2-3-14(19)9-15/h2-4,9-11,13,22H,5-8,12,19H2,1H3. The van der Waals surface area contributed by atoms with Gasteiger partial charge >= 0.3 is 0 Å². The van der Waals surface area contributed by atoms with E-state index in [0.717, 1.165) is 41.1 Å². The zero-order valence-corrected chi connectivity index (χ0v) is 14.7. The minimum atomic E-state index is 0.312. The van der Waals surface area contributed by atoms with Crippen molar-refractivity contribution in [2.24, 2.45) is 5.92 Å². The summed E-state index contributed by atoms with van der Waals surface area (Å²) in [7, 11) is 0. The van der Waals surface area contributed by atoms with Crippen molar-refractivity contribution in [3.8, 4) is 0 Å². The Kier molecular flexibility index (Phi) is 4.10. The van der Waals surface area contributed by atoms with Crippen LogP contribution >= 0.6 is 11.8 Å². The average Bonchev–Trinajstić information content (AvgIpc) is 2.96. The largest absolute Gasteiger partial charge is 0.399 e. The van der Waals surface area contributed by atoms with Crippen molar-refractivity contribution >= 4 is 23.3 Å². The first-order valence-corrected chi connectivity index (χ1v) is 9.29. The highest BCUT2D eigenvalue weighted by Crippen LogP contribution is 2.35. The van der Waals surface area contributed by atoms with Crippen LogP contribution in [0, 0.1) is 5.92 Å². The lowest BCUT2D eigenvalue weighted by molar-refractivity contribution is 0.253. The highest BCUT2D eigenvalue weighted by atomic mass is 32.2. The molecule has 24 heavy (non-hydrogen) atoms. The fraction of sp³-hybridized carbons (Fsp3) is 0.444. The molecule has 0 saturated carbocycles. The number of hydrogen-bond donors (Lipinski definition) is 2. The van der Waals surface area contributed by atoms with E-state index in [1.165, 1.54) is 12.8 Å². The summed E-state index contributed by atoms with van der Waals surface area (Å²) < 4.78 is 0. The minimum Gasteiger partial charge on any atom is -0.399 e. The Morgan fingerprint density at radius 3 is 3.04 bits per heavy atom. The lowest BCUT2D eigenvalue weighted by Crippen LogP contribution is -2.53. The van der Waals surface area contributed by atoms with Crippen molar-refractivity contribution in [3.05, 3.63) is 36.7 Å². The van der Waals surface area contributed by atoms with Gasteiger partial charge in [0, 0.05) is 29.2 Å². The summed E-state index contributed by atoms with van der Waals surface area (Å²) in [5.41, 5.74) is 6.91. The van der Waals surface area contributed by atoms with E-state index in [2.05, 4.69) is 27.1 Å². The summed E-state index contributed by atoms with van der Waals surface area (Å²) >= 11 is 1.59. The number of aromatic nitrogens is 2. The molecular weight excluding hydrogens is 318 g/mol. The van der Waals surface area contributed by atoms with Crippen LogP contribution in [0.4, 0.5) is 11.5 Å². The van der Waals surface area contributed by atoms with Crippen LogP contribution in [-0.4, -0.2) is 35.1 Å². The van der Waals surface area contributed by atoms with Crippen molar-refractivity contribution in [1.82, 2.24) is 15.3 Å². The van der Waals surface area contributed by atoms with E-state index >= 15 is 0 Å². The van der Waals surface area contributed by atoms with Gasteiger partial charge < -0.3 is 16.0 Å². The normalized spacial score (nSPS) is 26.4. The highest BCUT2D eigenvalue weighted by molar-refractivity contribution is 7.99. The second kappa shape index (κ2) is 6.26. The Balaban J connectivity index is 1.44. The number of nitrogens with two attached hydrogens (primary N) is 1. The predicted octanol–water partition coefficient (Wildman–Crippen LogP) is 2.79. The molecule has 2 aliphatic rings. The van der Waals surface area contributed by atoms with Gasteiger partial charge in [-0.3, -0.25) is 0 Å². The lowest BCUT2D eigenvalue weighted by atomic mass is 9.81. The summed E-state index contributed by atoms with van der Waals surface area (Å²) in [5, 5.41) is 4.57. The maximum atomic E-state index is 5.83. The van der Waals surface area contributed by atoms with Gasteiger partial charge in [-0.25, -0.2) is 9.97 Å². The van der Waals surface area contributed by atoms with Gasteiger partial charge in [0.1, 0.15) is 10.8 Å². The number of fused-ring (bicyclic) bond motifs is 1. The predicted molar refractivity (Wildman–Crippen MR) is 98.4 cm³/mol. The Morgan fingerprint density at radius 1 is 1.33 bits per heavy atom. The highest BCUT2D eigenvalue weighted by Gasteiger charge is 2.42. The van der Waals surface area contributed by atoms with Crippen LogP contribution in [0.1, 0.15) is 19.8 Å². The fourth-order valence-corrected chi connectivity index (χ4v) is 4.53. The third-order valence-corrected chi connectivity index (χ3v) is 6.19. The van der Waals surface area contributed by atoms with Crippen LogP contribution in [0.5, 0.6) is 0 Å². The molecule has 1 aromatic heterocycles. The SMILES string of the molecule is CC12CCN(c3cnc(Sc4cccc(N)c4)cn3)CC1CCN2. The average molecular weight is 341 g/mol. The molecule has 0 spiro atoms. The van der Waals surface area contributed by atoms with Gasteiger partial charge in [-0.2, -0.15) is 0 Å². The lowest BCUT2D eigenvalue weighted by Gasteiger charge is -2.42. The van der Waals surface area contributed by atoms with Gasteiger partial charge in [0.25, 0.3) is 0 Å². The third-order valence-electron chi connectivity index (χ3n) is 5.28. The molecule has 2 fully saturated rings. The van der Waals surface area contributed by atoms with Crippen molar-refractivity contribution < 1.29 is 0 Å². The van der Waals surface area contributed by atoms with Crippen LogP contribution in [-0.2, 0) is 0 Å². The molecule has 2 aromatic rings. The Labute approximate surface area is 147 Å². The number of piperidine rings is 1. The molecule has 0 bridgehead atoms. The smallest absolute Gasteiger partial charge is 0.147 e. The number of rotatable bonds is 3. The van der Waals surface area contributed by atoms with Crippen molar-refractivity contribution in [3.63, 3.8) is 0 Å². The number of nitrogen functional groups attached to an aromatic ring is 1. The summed E-state index contributed by atoms with van der Waals surface area (Å²) in [4.78, 5) is 12.7. The molecule has 2 unspecified atom stereocenters. The first kappa shape index (κ1) is 15.7. The first-order chi connectivity index (χ1) is 11.6. The Bertz CT molecular complexity index is 720. The molecule has 3 heterocycles. The van der Waals surface area contributed by atoms with Crippen molar-refractivity contribution in [1.29, 1.82) is 0 Å². The van der Waals surface area contributed by atoms with Crippen LogP contribution in [0.15, 0.2) is 46.6 Å². The number of anilines is 2. The molecule has 3 N–H and O–H groups in total. The Morgan fingerprint density at radius 2 is 2.25 bits per heavy atom. The second-order valence-electron chi connectivity index (χ2n) is 6.91. The summed E-state index contributed by atoms with van der Waals surface area (Å²) in [6.45, 7) is 5.60. The van der Waals surface area contributed by atoms with E-state index in [9.17, 15) is 0 Å². The number of nitrogens with zero attached hydrogens (tertiary/aromatic N) is 3. The molecule has 0 amide bonds. The molecular formula is C18H23N5S. The van der Waals surface area contributed by atoms with E-state index in [-0.39, 0.29) is 0 Å². The van der Waals surface area contributed by atoms with Crippen molar-refractivity contribution in [2.45, 2.75) is 35.2 Å². The van der Waals surface area contributed by atoms with E-state index < -0.39 is 0 Å². The summed E-state index contributed by atoms with van der Waals surface area (Å²) in [5.74, 6) is 1.69. The van der Waals surface area contributed by atoms with Gasteiger partial charge in [0.05, 0.1) is 12.4 Å². The molecule has 2 saturated heterocycles. The number of benzene rings is 1. The van der Waals surface area contributed by atoms with Crippen LogP contribution in [0.2, 0.25) is 0 Å². The molecule has 1 aromatic carbocycles. The Hall–Kier alpha value is -1.79. The van der Waals surface area contributed by atoms with Gasteiger partial charge in [0.2, 0.25) is 0 Å². The molecule has 0 radical (unpaired) electrons. The second-order valence-corrected chi connectivity index (χ2v) is 8.01. The van der Waals surface area contributed by atoms with Crippen LogP contribution < -0.4 is 16.0 Å². The maximum Gasteiger partial charge on any atom is 0.147 e. The number of nitrogens with one attached hydrogen (secondary N) is 1. The topological polar surface area (TPSA) is 67.1 Å². The van der Waals surface area contributed by atoms with Gasteiger partial charge in [-0.15, -0.1) is 0 Å². The van der Waals surface area contributed by atoms with Gasteiger partial charge in [0.15, 0.2) is 0 Å². The monoisotopic (exact) mass is 341 g/mol. The van der Waals surface area contributed by atoms with Crippen molar-refractivity contribution in [2.75, 3.05) is 30.3 Å². The molecule has 2 atom stereocenters. The number of hydrogen-bond acceptors (Lipinski definition) is 6. The van der Waals surface area contributed by atoms with E-state index in [1.807, 2.05) is 36.7 Å². The van der Waals surface area contributed by atoms with E-state index in [1.54, 1.807) is 11.8 Å². The quantitative estimate of drug-likeness (QED) is 0.837. The zero-order valence-electron chi connectivity index (χ0n) is 13.9.